The molecule has 0 amide bonds. The zero-order chi connectivity index (χ0) is 18.9. The standard InChI is InChI=1S/C19H29N5OS2/c1-3-15-12-21-18(27-15)14-23-19(20-4-2)22-13-16(17-6-5-11-26-17)24-7-9-25-10-8-24/h5-6,11-12,16H,3-4,7-10,13-14H2,1-2H3,(H2,20,22,23). The fourth-order valence-corrected chi connectivity index (χ4v) is 4.69. The van der Waals surface area contributed by atoms with Crippen molar-refractivity contribution in [2.45, 2.75) is 32.9 Å². The van der Waals surface area contributed by atoms with Crippen LogP contribution in [0, 0.1) is 0 Å². The lowest BCUT2D eigenvalue weighted by atomic mass is 10.2. The van der Waals surface area contributed by atoms with Crippen LogP contribution >= 0.6 is 22.7 Å². The first-order chi connectivity index (χ1) is 13.3. The first-order valence-electron chi connectivity index (χ1n) is 9.61. The highest BCUT2D eigenvalue weighted by molar-refractivity contribution is 7.11. The molecule has 27 heavy (non-hydrogen) atoms. The van der Waals surface area contributed by atoms with Gasteiger partial charge < -0.3 is 15.4 Å². The number of rotatable bonds is 8. The van der Waals surface area contributed by atoms with Gasteiger partial charge in [-0.3, -0.25) is 4.90 Å². The van der Waals surface area contributed by atoms with E-state index >= 15 is 0 Å². The van der Waals surface area contributed by atoms with Crippen LogP contribution in [0.5, 0.6) is 0 Å². The minimum absolute atomic E-state index is 0.337. The van der Waals surface area contributed by atoms with E-state index in [1.807, 2.05) is 17.5 Å². The van der Waals surface area contributed by atoms with Crippen molar-refractivity contribution in [3.63, 3.8) is 0 Å². The molecule has 0 aromatic carbocycles. The number of aromatic nitrogens is 1. The highest BCUT2D eigenvalue weighted by Crippen LogP contribution is 2.25. The molecule has 0 radical (unpaired) electrons. The first kappa shape index (κ1) is 20.3. The van der Waals surface area contributed by atoms with Gasteiger partial charge in [0.15, 0.2) is 5.96 Å². The average molecular weight is 408 g/mol. The fourth-order valence-electron chi connectivity index (χ4n) is 3.05. The summed E-state index contributed by atoms with van der Waals surface area (Å²) in [5.41, 5.74) is 0. The molecular formula is C19H29N5OS2. The lowest BCUT2D eigenvalue weighted by molar-refractivity contribution is 0.0177. The van der Waals surface area contributed by atoms with Gasteiger partial charge in [0.1, 0.15) is 5.01 Å². The van der Waals surface area contributed by atoms with E-state index in [-0.39, 0.29) is 0 Å². The minimum Gasteiger partial charge on any atom is -0.379 e. The maximum Gasteiger partial charge on any atom is 0.191 e. The van der Waals surface area contributed by atoms with Crippen LogP contribution in [0.4, 0.5) is 0 Å². The Morgan fingerprint density at radius 2 is 2.19 bits per heavy atom. The molecule has 2 N–H and O–H groups in total. The largest absolute Gasteiger partial charge is 0.379 e. The molecule has 6 nitrogen and oxygen atoms in total. The van der Waals surface area contributed by atoms with Crippen LogP contribution in [0.1, 0.15) is 34.7 Å². The second-order valence-electron chi connectivity index (χ2n) is 6.33. The van der Waals surface area contributed by atoms with Crippen molar-refractivity contribution in [3.8, 4) is 0 Å². The maximum atomic E-state index is 5.53. The van der Waals surface area contributed by atoms with Crippen molar-refractivity contribution in [1.29, 1.82) is 0 Å². The summed E-state index contributed by atoms with van der Waals surface area (Å²) in [6.45, 7) is 10.1. The zero-order valence-electron chi connectivity index (χ0n) is 16.1. The molecule has 1 aliphatic rings. The molecule has 0 aliphatic carbocycles. The molecule has 1 unspecified atom stereocenters. The lowest BCUT2D eigenvalue weighted by Gasteiger charge is -2.34. The number of aliphatic imine (C=N–C) groups is 1. The predicted octanol–water partition coefficient (Wildman–Crippen LogP) is 2.90. The van der Waals surface area contributed by atoms with Gasteiger partial charge >= 0.3 is 0 Å². The Bertz CT molecular complexity index is 695. The number of thiophene rings is 1. The second kappa shape index (κ2) is 10.8. The number of guanidine groups is 1. The topological polar surface area (TPSA) is 61.8 Å². The van der Waals surface area contributed by atoms with Gasteiger partial charge in [-0.1, -0.05) is 13.0 Å². The normalized spacial score (nSPS) is 17.0. The van der Waals surface area contributed by atoms with Crippen molar-refractivity contribution in [2.75, 3.05) is 39.4 Å². The summed E-state index contributed by atoms with van der Waals surface area (Å²) >= 11 is 3.56. The third-order valence-electron chi connectivity index (χ3n) is 4.49. The number of thiazole rings is 1. The Balaban J connectivity index is 1.63. The molecule has 1 atom stereocenters. The van der Waals surface area contributed by atoms with Gasteiger partial charge in [0.25, 0.3) is 0 Å². The van der Waals surface area contributed by atoms with Crippen molar-refractivity contribution in [1.82, 2.24) is 20.5 Å². The van der Waals surface area contributed by atoms with E-state index < -0.39 is 0 Å². The molecule has 1 saturated heterocycles. The Morgan fingerprint density at radius 1 is 1.33 bits per heavy atom. The number of hydrogen-bond acceptors (Lipinski definition) is 6. The average Bonchev–Trinajstić information content (AvgIpc) is 3.39. The SMILES string of the molecule is CCNC(=NCc1ncc(CC)s1)NCC(c1cccs1)N1CCOCC1. The minimum atomic E-state index is 0.337. The van der Waals surface area contributed by atoms with Crippen LogP contribution < -0.4 is 10.6 Å². The number of nitrogens with zero attached hydrogens (tertiary/aromatic N) is 3. The van der Waals surface area contributed by atoms with E-state index in [9.17, 15) is 0 Å². The molecular weight excluding hydrogens is 378 g/mol. The van der Waals surface area contributed by atoms with E-state index in [0.717, 1.165) is 56.8 Å². The summed E-state index contributed by atoms with van der Waals surface area (Å²) < 4.78 is 5.53. The van der Waals surface area contributed by atoms with E-state index in [1.54, 1.807) is 11.3 Å². The third-order valence-corrected chi connectivity index (χ3v) is 6.59. The van der Waals surface area contributed by atoms with E-state index in [4.69, 9.17) is 9.73 Å². The molecule has 2 aromatic heterocycles. The molecule has 148 valence electrons. The van der Waals surface area contributed by atoms with Crippen LogP contribution in [-0.4, -0.2) is 55.2 Å². The second-order valence-corrected chi connectivity index (χ2v) is 8.51. The van der Waals surface area contributed by atoms with Gasteiger partial charge in [0.05, 0.1) is 25.8 Å². The Hall–Kier alpha value is -1.48. The number of aryl methyl sites for hydroxylation is 1. The highest BCUT2D eigenvalue weighted by atomic mass is 32.1. The van der Waals surface area contributed by atoms with Crippen LogP contribution in [-0.2, 0) is 17.7 Å². The van der Waals surface area contributed by atoms with Gasteiger partial charge in [-0.15, -0.1) is 22.7 Å². The quantitative estimate of drug-likeness (QED) is 0.520. The van der Waals surface area contributed by atoms with Gasteiger partial charge in [-0.05, 0) is 24.8 Å². The molecule has 1 fully saturated rings. The Labute approximate surface area is 169 Å². The smallest absolute Gasteiger partial charge is 0.191 e. The number of nitrogens with one attached hydrogen (secondary N) is 2. The van der Waals surface area contributed by atoms with Gasteiger partial charge in [-0.25, -0.2) is 9.98 Å². The fraction of sp³-hybridized carbons (Fsp3) is 0.579. The van der Waals surface area contributed by atoms with E-state index in [1.165, 1.54) is 9.75 Å². The molecule has 3 heterocycles. The van der Waals surface area contributed by atoms with Crippen molar-refractivity contribution in [2.24, 2.45) is 4.99 Å². The zero-order valence-corrected chi connectivity index (χ0v) is 17.7. The molecule has 2 aromatic rings. The van der Waals surface area contributed by atoms with Crippen LogP contribution in [0.25, 0.3) is 0 Å². The van der Waals surface area contributed by atoms with Gasteiger partial charge in [0.2, 0.25) is 0 Å². The summed E-state index contributed by atoms with van der Waals surface area (Å²) in [6.07, 6.45) is 2.99. The lowest BCUT2D eigenvalue weighted by Crippen LogP contribution is -2.46. The Kier molecular flexibility index (Phi) is 8.07. The first-order valence-corrected chi connectivity index (χ1v) is 11.3. The third kappa shape index (κ3) is 6.00. The van der Waals surface area contributed by atoms with E-state index in [2.05, 4.69) is 51.9 Å². The van der Waals surface area contributed by atoms with Crippen LogP contribution in [0.15, 0.2) is 28.7 Å². The molecule has 0 saturated carbocycles. The van der Waals surface area contributed by atoms with Crippen molar-refractivity contribution in [3.05, 3.63) is 38.5 Å². The summed E-state index contributed by atoms with van der Waals surface area (Å²) in [6, 6.07) is 4.68. The number of morpholine rings is 1. The van der Waals surface area contributed by atoms with Crippen LogP contribution in [0.3, 0.4) is 0 Å². The van der Waals surface area contributed by atoms with Crippen molar-refractivity contribution >= 4 is 28.6 Å². The summed E-state index contributed by atoms with van der Waals surface area (Å²) in [5, 5.41) is 10.1. The van der Waals surface area contributed by atoms with Crippen molar-refractivity contribution < 1.29 is 4.74 Å². The van der Waals surface area contributed by atoms with Crippen LogP contribution in [0.2, 0.25) is 0 Å². The maximum absolute atomic E-state index is 5.53. The molecule has 0 bridgehead atoms. The molecule has 8 heteroatoms. The highest BCUT2D eigenvalue weighted by Gasteiger charge is 2.23. The van der Waals surface area contributed by atoms with E-state index in [0.29, 0.717) is 12.6 Å². The molecule has 3 rings (SSSR count). The van der Waals surface area contributed by atoms with Gasteiger partial charge in [0, 0.05) is 42.1 Å². The predicted molar refractivity (Wildman–Crippen MR) is 114 cm³/mol. The van der Waals surface area contributed by atoms with Gasteiger partial charge in [-0.2, -0.15) is 0 Å². The molecule has 1 aliphatic heterocycles. The number of hydrogen-bond donors (Lipinski definition) is 2. The Morgan fingerprint density at radius 3 is 2.85 bits per heavy atom. The summed E-state index contributed by atoms with van der Waals surface area (Å²) in [4.78, 5) is 14.4. The molecule has 0 spiro atoms. The summed E-state index contributed by atoms with van der Waals surface area (Å²) in [7, 11) is 0. The monoisotopic (exact) mass is 407 g/mol. The summed E-state index contributed by atoms with van der Waals surface area (Å²) in [5.74, 6) is 0.848. The number of ether oxygens (including phenoxy) is 1.